The van der Waals surface area contributed by atoms with Crippen LogP contribution in [0.5, 0.6) is 0 Å². The third-order valence-electron chi connectivity index (χ3n) is 2.68. The highest BCUT2D eigenvalue weighted by molar-refractivity contribution is 5.56. The molecule has 84 valence electrons. The number of hydrogen-bond donors (Lipinski definition) is 1. The molecule has 0 fully saturated rings. The average Bonchev–Trinajstić information content (AvgIpc) is 2.20. The Balaban J connectivity index is 3.28. The predicted molar refractivity (Wildman–Crippen MR) is 62.7 cm³/mol. The van der Waals surface area contributed by atoms with Crippen molar-refractivity contribution in [3.8, 4) is 0 Å². The Labute approximate surface area is 90.9 Å². The number of anilines is 1. The summed E-state index contributed by atoms with van der Waals surface area (Å²) in [6.07, 6.45) is 0. The van der Waals surface area contributed by atoms with Gasteiger partial charge in [0, 0.05) is 25.3 Å². The Bertz CT molecular complexity index is 348. The van der Waals surface area contributed by atoms with Gasteiger partial charge in [-0.3, -0.25) is 0 Å². The first-order valence-electron chi connectivity index (χ1n) is 5.24. The number of hydrogen-bond acceptors (Lipinski definition) is 2. The van der Waals surface area contributed by atoms with Crippen molar-refractivity contribution in [3.63, 3.8) is 0 Å². The zero-order chi connectivity index (χ0) is 11.6. The number of nitrogens with two attached hydrogens (primary N) is 1. The summed E-state index contributed by atoms with van der Waals surface area (Å²) in [6, 6.07) is 3.25. The largest absolute Gasteiger partial charge is 0.375 e. The molecule has 1 rings (SSSR count). The molecule has 0 aliphatic carbocycles. The van der Waals surface area contributed by atoms with Gasteiger partial charge in [-0.25, -0.2) is 4.39 Å². The van der Waals surface area contributed by atoms with E-state index in [0.29, 0.717) is 5.56 Å². The topological polar surface area (TPSA) is 29.3 Å². The lowest BCUT2D eigenvalue weighted by Gasteiger charge is -2.23. The molecule has 0 bridgehead atoms. The van der Waals surface area contributed by atoms with Crippen LogP contribution in [0, 0.1) is 12.7 Å². The number of halogens is 1. The van der Waals surface area contributed by atoms with Gasteiger partial charge >= 0.3 is 0 Å². The number of aryl methyl sites for hydroxylation is 1. The molecule has 0 aliphatic heterocycles. The molecule has 0 radical (unpaired) electrons. The number of nitrogens with zero attached hydrogens (tertiary/aromatic N) is 1. The summed E-state index contributed by atoms with van der Waals surface area (Å²) in [5.74, 6) is -0.185. The molecule has 0 saturated heterocycles. The van der Waals surface area contributed by atoms with Crippen LogP contribution in [0.4, 0.5) is 10.1 Å². The summed E-state index contributed by atoms with van der Waals surface area (Å²) in [4.78, 5) is 2.07. The minimum absolute atomic E-state index is 0.149. The van der Waals surface area contributed by atoms with E-state index in [1.807, 2.05) is 20.0 Å². The van der Waals surface area contributed by atoms with E-state index in [1.54, 1.807) is 13.0 Å². The molecule has 3 heteroatoms. The quantitative estimate of drug-likeness (QED) is 0.831. The second-order valence-corrected chi connectivity index (χ2v) is 3.96. The molecule has 2 N–H and O–H groups in total. The summed E-state index contributed by atoms with van der Waals surface area (Å²) < 4.78 is 13.4. The number of benzene rings is 1. The summed E-state index contributed by atoms with van der Waals surface area (Å²) in [7, 11) is 1.98. The van der Waals surface area contributed by atoms with Gasteiger partial charge in [0.1, 0.15) is 5.82 Å². The van der Waals surface area contributed by atoms with Crippen LogP contribution in [0.15, 0.2) is 12.1 Å². The van der Waals surface area contributed by atoms with Crippen molar-refractivity contribution in [3.05, 3.63) is 29.1 Å². The molecule has 0 unspecified atom stereocenters. The molecule has 0 heterocycles. The second kappa shape index (κ2) is 4.62. The average molecular weight is 210 g/mol. The Morgan fingerprint density at radius 3 is 2.53 bits per heavy atom. The van der Waals surface area contributed by atoms with Crippen LogP contribution in [0.3, 0.4) is 0 Å². The zero-order valence-corrected chi connectivity index (χ0v) is 9.84. The van der Waals surface area contributed by atoms with E-state index in [2.05, 4.69) is 11.8 Å². The van der Waals surface area contributed by atoms with Crippen LogP contribution >= 0.6 is 0 Å². The first-order valence-corrected chi connectivity index (χ1v) is 5.24. The second-order valence-electron chi connectivity index (χ2n) is 3.96. The predicted octanol–water partition coefficient (Wildman–Crippen LogP) is 2.61. The SMILES string of the molecule is CCN(C)c1cc(C)c(F)cc1[C@@H](C)N. The smallest absolute Gasteiger partial charge is 0.126 e. The maximum Gasteiger partial charge on any atom is 0.126 e. The van der Waals surface area contributed by atoms with Crippen molar-refractivity contribution in [1.82, 2.24) is 0 Å². The van der Waals surface area contributed by atoms with Gasteiger partial charge in [0.05, 0.1) is 0 Å². The zero-order valence-electron chi connectivity index (χ0n) is 9.84. The Morgan fingerprint density at radius 1 is 1.47 bits per heavy atom. The summed E-state index contributed by atoms with van der Waals surface area (Å²) >= 11 is 0. The van der Waals surface area contributed by atoms with Crippen LogP contribution in [-0.2, 0) is 0 Å². The van der Waals surface area contributed by atoms with Gasteiger partial charge in [0.15, 0.2) is 0 Å². The van der Waals surface area contributed by atoms with E-state index in [9.17, 15) is 4.39 Å². The van der Waals surface area contributed by atoms with E-state index >= 15 is 0 Å². The molecule has 0 saturated carbocycles. The van der Waals surface area contributed by atoms with E-state index in [-0.39, 0.29) is 11.9 Å². The Kier molecular flexibility index (Phi) is 3.69. The first kappa shape index (κ1) is 12.0. The molecule has 2 nitrogen and oxygen atoms in total. The maximum absolute atomic E-state index is 13.4. The van der Waals surface area contributed by atoms with E-state index in [1.165, 1.54) is 0 Å². The minimum Gasteiger partial charge on any atom is -0.375 e. The van der Waals surface area contributed by atoms with Gasteiger partial charge < -0.3 is 10.6 Å². The van der Waals surface area contributed by atoms with E-state index < -0.39 is 0 Å². The van der Waals surface area contributed by atoms with Crippen molar-refractivity contribution >= 4 is 5.69 Å². The van der Waals surface area contributed by atoms with Crippen molar-refractivity contribution in [1.29, 1.82) is 0 Å². The van der Waals surface area contributed by atoms with E-state index in [4.69, 9.17) is 5.73 Å². The van der Waals surface area contributed by atoms with Crippen LogP contribution in [0.2, 0.25) is 0 Å². The molecule has 1 aromatic carbocycles. The van der Waals surface area contributed by atoms with Crippen molar-refractivity contribution < 1.29 is 4.39 Å². The molecule has 0 aromatic heterocycles. The third kappa shape index (κ3) is 2.48. The number of rotatable bonds is 3. The first-order chi connectivity index (χ1) is 6.97. The van der Waals surface area contributed by atoms with Gasteiger partial charge in [-0.2, -0.15) is 0 Å². The van der Waals surface area contributed by atoms with Crippen LogP contribution < -0.4 is 10.6 Å². The molecule has 15 heavy (non-hydrogen) atoms. The van der Waals surface area contributed by atoms with Crippen molar-refractivity contribution in [2.75, 3.05) is 18.5 Å². The van der Waals surface area contributed by atoms with E-state index in [0.717, 1.165) is 17.8 Å². The fourth-order valence-electron chi connectivity index (χ4n) is 1.55. The molecule has 0 spiro atoms. The minimum atomic E-state index is -0.185. The molecule has 0 aliphatic rings. The van der Waals surface area contributed by atoms with Crippen LogP contribution in [0.25, 0.3) is 0 Å². The highest BCUT2D eigenvalue weighted by atomic mass is 19.1. The lowest BCUT2D eigenvalue weighted by molar-refractivity contribution is 0.612. The monoisotopic (exact) mass is 210 g/mol. The van der Waals surface area contributed by atoms with Gasteiger partial charge in [0.2, 0.25) is 0 Å². The standard InChI is InChI=1S/C12H19FN2/c1-5-15(4)12-6-8(2)11(13)7-10(12)9(3)14/h6-7,9H,5,14H2,1-4H3/t9-/m1/s1. The Hall–Kier alpha value is -1.09. The molecular formula is C12H19FN2. The van der Waals surface area contributed by atoms with Gasteiger partial charge in [-0.15, -0.1) is 0 Å². The fraction of sp³-hybridized carbons (Fsp3) is 0.500. The summed E-state index contributed by atoms with van der Waals surface area (Å²) in [5.41, 5.74) is 8.38. The maximum atomic E-state index is 13.4. The third-order valence-corrected chi connectivity index (χ3v) is 2.68. The van der Waals surface area contributed by atoms with Gasteiger partial charge in [-0.05, 0) is 44.0 Å². The molecule has 0 amide bonds. The summed E-state index contributed by atoms with van der Waals surface area (Å²) in [6.45, 7) is 6.58. The fourth-order valence-corrected chi connectivity index (χ4v) is 1.55. The van der Waals surface area contributed by atoms with Crippen LogP contribution in [-0.4, -0.2) is 13.6 Å². The normalized spacial score (nSPS) is 12.7. The molecule has 1 atom stereocenters. The Morgan fingerprint density at radius 2 is 2.07 bits per heavy atom. The lowest BCUT2D eigenvalue weighted by atomic mass is 10.0. The van der Waals surface area contributed by atoms with Crippen molar-refractivity contribution in [2.24, 2.45) is 5.73 Å². The lowest BCUT2D eigenvalue weighted by Crippen LogP contribution is -2.20. The van der Waals surface area contributed by atoms with Crippen LogP contribution in [0.1, 0.15) is 31.0 Å². The van der Waals surface area contributed by atoms with Crippen molar-refractivity contribution in [2.45, 2.75) is 26.8 Å². The molecular weight excluding hydrogens is 191 g/mol. The highest BCUT2D eigenvalue weighted by Gasteiger charge is 2.12. The van der Waals surface area contributed by atoms with Gasteiger partial charge in [0.25, 0.3) is 0 Å². The highest BCUT2D eigenvalue weighted by Crippen LogP contribution is 2.27. The molecule has 1 aromatic rings. The summed E-state index contributed by atoms with van der Waals surface area (Å²) in [5, 5.41) is 0. The van der Waals surface area contributed by atoms with Gasteiger partial charge in [-0.1, -0.05) is 0 Å².